The Morgan fingerprint density at radius 1 is 1.33 bits per heavy atom. The number of sulfone groups is 1. The second kappa shape index (κ2) is 6.89. The molecule has 0 unspecified atom stereocenters. The number of hydrogen-bond acceptors (Lipinski definition) is 3. The van der Waals surface area contributed by atoms with E-state index in [1.165, 1.54) is 5.56 Å². The molecule has 1 aromatic carbocycles. The molecule has 1 atom stereocenters. The molecule has 1 aliphatic heterocycles. The van der Waals surface area contributed by atoms with Gasteiger partial charge in [0.05, 0.1) is 11.5 Å². The number of hydrogen-bond donors (Lipinski definition) is 1. The Bertz CT molecular complexity index is 620. The summed E-state index contributed by atoms with van der Waals surface area (Å²) < 4.78 is 22.7. The van der Waals surface area contributed by atoms with E-state index in [0.29, 0.717) is 6.42 Å². The van der Waals surface area contributed by atoms with Crippen LogP contribution in [0, 0.1) is 0 Å². The van der Waals surface area contributed by atoms with E-state index in [0.717, 1.165) is 18.4 Å². The maximum Gasteiger partial charge on any atom is 0.244 e. The molecule has 4 nitrogen and oxygen atoms in total. The van der Waals surface area contributed by atoms with Crippen LogP contribution in [0.1, 0.15) is 25.3 Å². The molecule has 0 radical (unpaired) electrons. The fourth-order valence-corrected chi connectivity index (χ4v) is 4.11. The predicted octanol–water partition coefficient (Wildman–Crippen LogP) is 1.87. The lowest BCUT2D eigenvalue weighted by Crippen LogP contribution is -2.34. The molecular formula is C16H21NO3S. The number of carbonyl (C=O) groups is 1. The van der Waals surface area contributed by atoms with Crippen molar-refractivity contribution in [2.24, 2.45) is 0 Å². The van der Waals surface area contributed by atoms with Crippen molar-refractivity contribution in [1.29, 1.82) is 0 Å². The van der Waals surface area contributed by atoms with E-state index in [2.05, 4.69) is 17.4 Å². The Balaban J connectivity index is 1.80. The Morgan fingerprint density at radius 2 is 2.05 bits per heavy atom. The third-order valence-electron chi connectivity index (χ3n) is 3.61. The molecule has 1 N–H and O–H groups in total. The van der Waals surface area contributed by atoms with Crippen LogP contribution in [0.2, 0.25) is 0 Å². The van der Waals surface area contributed by atoms with E-state index in [-0.39, 0.29) is 23.5 Å². The first-order chi connectivity index (χ1) is 9.94. The van der Waals surface area contributed by atoms with Crippen molar-refractivity contribution in [2.45, 2.75) is 32.2 Å². The monoisotopic (exact) mass is 307 g/mol. The molecule has 1 aliphatic rings. The molecule has 0 aromatic heterocycles. The van der Waals surface area contributed by atoms with E-state index in [1.54, 1.807) is 6.08 Å². The van der Waals surface area contributed by atoms with Crippen molar-refractivity contribution in [3.63, 3.8) is 0 Å². The Labute approximate surface area is 126 Å². The summed E-state index contributed by atoms with van der Waals surface area (Å²) in [5.74, 6) is 0.0484. The van der Waals surface area contributed by atoms with Crippen molar-refractivity contribution >= 4 is 15.7 Å². The molecule has 1 fully saturated rings. The Morgan fingerprint density at radius 3 is 2.67 bits per heavy atom. The first-order valence-electron chi connectivity index (χ1n) is 7.17. The Kier molecular flexibility index (Phi) is 5.17. The number of rotatable bonds is 5. The Hall–Kier alpha value is -1.62. The van der Waals surface area contributed by atoms with Crippen LogP contribution < -0.4 is 5.32 Å². The summed E-state index contributed by atoms with van der Waals surface area (Å²) >= 11 is 0. The van der Waals surface area contributed by atoms with Gasteiger partial charge < -0.3 is 5.32 Å². The standard InChI is InChI=1S/C16H21NO3S/c1-13(7-8-14-5-3-2-4-6-14)11-16(18)17-15-9-10-21(19,20)12-15/h2-6,11,15H,7-10,12H2,1H3,(H,17,18)/b13-11+/t15-/m0/s1. The molecule has 1 heterocycles. The molecule has 0 aliphatic carbocycles. The molecule has 5 heteroatoms. The van der Waals surface area contributed by atoms with Crippen molar-refractivity contribution in [3.05, 3.63) is 47.5 Å². The minimum Gasteiger partial charge on any atom is -0.349 e. The van der Waals surface area contributed by atoms with Crippen molar-refractivity contribution in [1.82, 2.24) is 5.32 Å². The quantitative estimate of drug-likeness (QED) is 0.845. The van der Waals surface area contributed by atoms with Crippen molar-refractivity contribution in [3.8, 4) is 0 Å². The van der Waals surface area contributed by atoms with E-state index in [4.69, 9.17) is 0 Å². The van der Waals surface area contributed by atoms with Gasteiger partial charge in [0.2, 0.25) is 5.91 Å². The fraction of sp³-hybridized carbons (Fsp3) is 0.438. The lowest BCUT2D eigenvalue weighted by Gasteiger charge is -2.09. The van der Waals surface area contributed by atoms with Crippen LogP contribution in [0.15, 0.2) is 42.0 Å². The minimum absolute atomic E-state index is 0.0651. The maximum atomic E-state index is 11.8. The van der Waals surface area contributed by atoms with E-state index >= 15 is 0 Å². The van der Waals surface area contributed by atoms with Crippen LogP contribution in [0.4, 0.5) is 0 Å². The molecular weight excluding hydrogens is 286 g/mol. The fourth-order valence-electron chi connectivity index (χ4n) is 2.43. The second-order valence-corrected chi connectivity index (χ2v) is 7.81. The summed E-state index contributed by atoms with van der Waals surface area (Å²) in [5, 5.41) is 2.77. The topological polar surface area (TPSA) is 63.2 Å². The largest absolute Gasteiger partial charge is 0.349 e. The zero-order chi connectivity index (χ0) is 15.3. The molecule has 2 rings (SSSR count). The van der Waals surface area contributed by atoms with E-state index in [1.807, 2.05) is 25.1 Å². The second-order valence-electron chi connectivity index (χ2n) is 5.58. The molecule has 0 saturated carbocycles. The summed E-state index contributed by atoms with van der Waals surface area (Å²) in [6, 6.07) is 9.88. The van der Waals surface area contributed by atoms with Gasteiger partial charge in [0.15, 0.2) is 9.84 Å². The first kappa shape index (κ1) is 15.8. The average molecular weight is 307 g/mol. The summed E-state index contributed by atoms with van der Waals surface area (Å²) in [6.07, 6.45) is 3.81. The summed E-state index contributed by atoms with van der Waals surface area (Å²) in [5.41, 5.74) is 2.24. The third kappa shape index (κ3) is 5.34. The first-order valence-corrected chi connectivity index (χ1v) is 8.99. The number of benzene rings is 1. The van der Waals surface area contributed by atoms with Gasteiger partial charge in [-0.1, -0.05) is 35.9 Å². The van der Waals surface area contributed by atoms with E-state index < -0.39 is 9.84 Å². The summed E-state index contributed by atoms with van der Waals surface area (Å²) in [6.45, 7) is 1.92. The third-order valence-corrected chi connectivity index (χ3v) is 5.38. The smallest absolute Gasteiger partial charge is 0.244 e. The van der Waals surface area contributed by atoms with Crippen LogP contribution in [-0.2, 0) is 21.1 Å². The zero-order valence-corrected chi connectivity index (χ0v) is 13.0. The van der Waals surface area contributed by atoms with Gasteiger partial charge in [0.1, 0.15) is 0 Å². The van der Waals surface area contributed by atoms with Crippen LogP contribution in [0.25, 0.3) is 0 Å². The molecule has 114 valence electrons. The SMILES string of the molecule is C/C(=C\C(=O)N[C@H]1CCS(=O)(=O)C1)CCc1ccccc1. The van der Waals surface area contributed by atoms with Gasteiger partial charge in [0, 0.05) is 12.1 Å². The van der Waals surface area contributed by atoms with Crippen LogP contribution >= 0.6 is 0 Å². The lowest BCUT2D eigenvalue weighted by molar-refractivity contribution is -0.117. The number of amides is 1. The van der Waals surface area contributed by atoms with Gasteiger partial charge in [-0.25, -0.2) is 8.42 Å². The normalized spacial score (nSPS) is 21.2. The molecule has 21 heavy (non-hydrogen) atoms. The minimum atomic E-state index is -2.95. The molecule has 1 aromatic rings. The number of aryl methyl sites for hydroxylation is 1. The highest BCUT2D eigenvalue weighted by molar-refractivity contribution is 7.91. The van der Waals surface area contributed by atoms with Crippen molar-refractivity contribution < 1.29 is 13.2 Å². The molecule has 1 saturated heterocycles. The van der Waals surface area contributed by atoms with Crippen LogP contribution in [0.3, 0.4) is 0 Å². The van der Waals surface area contributed by atoms with Gasteiger partial charge in [-0.2, -0.15) is 0 Å². The zero-order valence-electron chi connectivity index (χ0n) is 12.2. The maximum absolute atomic E-state index is 11.8. The van der Waals surface area contributed by atoms with Gasteiger partial charge in [0.25, 0.3) is 0 Å². The summed E-state index contributed by atoms with van der Waals surface area (Å²) in [7, 11) is -2.95. The van der Waals surface area contributed by atoms with Gasteiger partial charge in [-0.05, 0) is 31.7 Å². The van der Waals surface area contributed by atoms with Crippen LogP contribution in [0.5, 0.6) is 0 Å². The predicted molar refractivity (Wildman–Crippen MR) is 83.7 cm³/mol. The highest BCUT2D eigenvalue weighted by Gasteiger charge is 2.28. The number of nitrogens with one attached hydrogen (secondary N) is 1. The van der Waals surface area contributed by atoms with Gasteiger partial charge >= 0.3 is 0 Å². The molecule has 0 spiro atoms. The highest BCUT2D eigenvalue weighted by Crippen LogP contribution is 2.12. The van der Waals surface area contributed by atoms with Gasteiger partial charge in [-0.3, -0.25) is 4.79 Å². The number of allylic oxidation sites excluding steroid dienone is 1. The average Bonchev–Trinajstić information content (AvgIpc) is 2.76. The van der Waals surface area contributed by atoms with Crippen LogP contribution in [-0.4, -0.2) is 31.9 Å². The number of carbonyl (C=O) groups excluding carboxylic acids is 1. The van der Waals surface area contributed by atoms with E-state index in [9.17, 15) is 13.2 Å². The van der Waals surface area contributed by atoms with Gasteiger partial charge in [-0.15, -0.1) is 0 Å². The molecule has 1 amide bonds. The van der Waals surface area contributed by atoms with Crippen molar-refractivity contribution in [2.75, 3.05) is 11.5 Å². The molecule has 0 bridgehead atoms. The summed E-state index contributed by atoms with van der Waals surface area (Å²) in [4.78, 5) is 11.8. The lowest BCUT2D eigenvalue weighted by atomic mass is 10.1. The highest BCUT2D eigenvalue weighted by atomic mass is 32.2.